The van der Waals surface area contributed by atoms with Crippen LogP contribution in [0, 0.1) is 20.3 Å². The van der Waals surface area contributed by atoms with Crippen LogP contribution in [0.5, 0.6) is 0 Å². The monoisotopic (exact) mass is 694 g/mol. The molecule has 0 nitrogen and oxygen atoms in total. The molecule has 0 bridgehead atoms. The summed E-state index contributed by atoms with van der Waals surface area (Å²) in [7, 11) is 0. The van der Waals surface area contributed by atoms with Crippen molar-refractivity contribution >= 4 is 77.6 Å². The van der Waals surface area contributed by atoms with Gasteiger partial charge >= 0.3 is 23.1 Å². The number of aryl methyl sites for hydroxylation is 4. The molecule has 0 atom stereocenters. The molecule has 0 amide bonds. The SMILES string of the molecule is C.C.CCCCCCc1cc(Br)sc1Br.CCCCCCc1cc(C)sc1C.[CH-]1CCCCC1.[Cl-].[Mg+2]. The summed E-state index contributed by atoms with van der Waals surface area (Å²) < 4.78 is 2.51. The van der Waals surface area contributed by atoms with E-state index in [2.05, 4.69) is 78.1 Å². The molecule has 1 aliphatic carbocycles. The summed E-state index contributed by atoms with van der Waals surface area (Å²) in [4.78, 5) is 2.98. The zero-order valence-corrected chi connectivity index (χ0v) is 29.0. The average Bonchev–Trinajstić information content (AvgIpc) is 3.29. The van der Waals surface area contributed by atoms with E-state index in [4.69, 9.17) is 0 Å². The maximum atomic E-state index is 3.57. The molecule has 0 radical (unpaired) electrons. The van der Waals surface area contributed by atoms with Crippen molar-refractivity contribution in [2.24, 2.45) is 0 Å². The summed E-state index contributed by atoms with van der Waals surface area (Å²) in [6.07, 6.45) is 22.8. The minimum Gasteiger partial charge on any atom is -1.00 e. The van der Waals surface area contributed by atoms with Crippen molar-refractivity contribution in [2.75, 3.05) is 0 Å². The molecule has 1 fully saturated rings. The van der Waals surface area contributed by atoms with Crippen molar-refractivity contribution in [3.8, 4) is 0 Å². The van der Waals surface area contributed by atoms with E-state index >= 15 is 0 Å². The molecule has 0 spiro atoms. The summed E-state index contributed by atoms with van der Waals surface area (Å²) in [5.74, 6) is 0. The van der Waals surface area contributed by atoms with Gasteiger partial charge in [-0.1, -0.05) is 86.5 Å². The number of halogens is 3. The number of hydrogen-bond donors (Lipinski definition) is 0. The Labute approximate surface area is 273 Å². The second-order valence-electron chi connectivity index (χ2n) is 8.84. The number of hydrogen-bond acceptors (Lipinski definition) is 2. The maximum Gasteiger partial charge on any atom is 2.00 e. The zero-order chi connectivity index (χ0) is 23.6. The second-order valence-corrected chi connectivity index (χ2v) is 14.0. The van der Waals surface area contributed by atoms with Gasteiger partial charge in [0.1, 0.15) is 0 Å². The summed E-state index contributed by atoms with van der Waals surface area (Å²) >= 11 is 10.8. The van der Waals surface area contributed by atoms with E-state index in [-0.39, 0.29) is 50.3 Å². The standard InChI is InChI=1S/C12H20S.C10H14Br2S.C6H11.2CH4.ClH.Mg/c1-4-5-6-7-8-12-9-10(2)13-11(12)3;1-2-3-4-5-6-8-7-9(11)13-10(8)12;1-2-4-6-5-3-1;;;;/h9H,4-8H2,1-3H3;7H,2-6H2,1H3;1H,2-6H2;2*1H4;1H;/q;;-1;;;;+2/p-1. The van der Waals surface area contributed by atoms with Crippen LogP contribution in [-0.2, 0) is 12.8 Å². The van der Waals surface area contributed by atoms with Crippen molar-refractivity contribution in [3.05, 3.63) is 47.0 Å². The largest absolute Gasteiger partial charge is 2.00 e. The van der Waals surface area contributed by atoms with Crippen LogP contribution in [0.1, 0.15) is 133 Å². The Bertz CT molecular complexity index is 646. The Kier molecular flexibility index (Phi) is 36.3. The molecule has 0 unspecified atom stereocenters. The molecule has 36 heavy (non-hydrogen) atoms. The molecule has 2 heterocycles. The third-order valence-electron chi connectivity index (χ3n) is 5.79. The first kappa shape index (κ1) is 44.4. The fourth-order valence-corrected chi connectivity index (χ4v) is 7.75. The number of unbranched alkanes of at least 4 members (excludes halogenated alkanes) is 6. The van der Waals surface area contributed by atoms with Gasteiger partial charge in [-0.25, -0.2) is 0 Å². The molecule has 1 saturated carbocycles. The molecule has 6 heteroatoms. The van der Waals surface area contributed by atoms with Crippen LogP contribution in [-0.4, -0.2) is 23.1 Å². The van der Waals surface area contributed by atoms with Crippen LogP contribution >= 0.6 is 54.5 Å². The van der Waals surface area contributed by atoms with E-state index in [9.17, 15) is 0 Å². The van der Waals surface area contributed by atoms with Crippen LogP contribution in [0.15, 0.2) is 19.7 Å². The molecule has 2 aromatic heterocycles. The molecule has 1 aliphatic rings. The van der Waals surface area contributed by atoms with Crippen molar-refractivity contribution in [1.29, 1.82) is 0 Å². The topological polar surface area (TPSA) is 0 Å². The third kappa shape index (κ3) is 22.3. The van der Waals surface area contributed by atoms with Crippen molar-refractivity contribution in [1.82, 2.24) is 0 Å². The molecular weight excluding hydrogens is 644 g/mol. The van der Waals surface area contributed by atoms with Gasteiger partial charge in [-0.3, -0.25) is 0 Å². The van der Waals surface area contributed by atoms with Gasteiger partial charge in [0.25, 0.3) is 0 Å². The second kappa shape index (κ2) is 29.4. The smallest absolute Gasteiger partial charge is 1.00 e. The fraction of sp³-hybridized carbons (Fsp3) is 0.700. The zero-order valence-electron chi connectivity index (χ0n) is 22.0. The Hall–Kier alpha value is 1.42. The Morgan fingerprint density at radius 2 is 1.28 bits per heavy atom. The van der Waals surface area contributed by atoms with Gasteiger partial charge < -0.3 is 18.8 Å². The van der Waals surface area contributed by atoms with Crippen molar-refractivity contribution in [3.63, 3.8) is 0 Å². The summed E-state index contributed by atoms with van der Waals surface area (Å²) in [5.41, 5.74) is 3.03. The minimum atomic E-state index is 0. The average molecular weight is 697 g/mol. The predicted octanol–water partition coefficient (Wildman–Crippen LogP) is 9.93. The maximum absolute atomic E-state index is 3.57. The van der Waals surface area contributed by atoms with Gasteiger partial charge in [0, 0.05) is 9.75 Å². The number of thiophene rings is 2. The Balaban J connectivity index is -0.000000213. The molecule has 0 saturated heterocycles. The van der Waals surface area contributed by atoms with Crippen molar-refractivity contribution in [2.45, 2.75) is 139 Å². The van der Waals surface area contributed by atoms with Crippen LogP contribution in [0.3, 0.4) is 0 Å². The van der Waals surface area contributed by atoms with Crippen LogP contribution in [0.25, 0.3) is 0 Å². The first-order valence-electron chi connectivity index (χ1n) is 12.8. The number of rotatable bonds is 10. The normalized spacial score (nSPS) is 11.7. The molecule has 0 N–H and O–H groups in total. The van der Waals surface area contributed by atoms with E-state index < -0.39 is 0 Å². The minimum absolute atomic E-state index is 0. The summed E-state index contributed by atoms with van der Waals surface area (Å²) in [6, 6.07) is 4.58. The van der Waals surface area contributed by atoms with Crippen LogP contribution in [0.4, 0.5) is 0 Å². The van der Waals surface area contributed by atoms with Gasteiger partial charge in [-0.2, -0.15) is 12.8 Å². The Morgan fingerprint density at radius 1 is 0.750 bits per heavy atom. The van der Waals surface area contributed by atoms with E-state index in [1.165, 1.54) is 119 Å². The van der Waals surface area contributed by atoms with E-state index in [0.29, 0.717) is 0 Å². The fourth-order valence-electron chi connectivity index (χ4n) is 3.86. The molecule has 208 valence electrons. The van der Waals surface area contributed by atoms with Gasteiger partial charge in [0.05, 0.1) is 7.57 Å². The molecule has 0 aromatic carbocycles. The quantitative estimate of drug-likeness (QED) is 0.132. The van der Waals surface area contributed by atoms with Crippen LogP contribution < -0.4 is 12.4 Å². The van der Waals surface area contributed by atoms with Crippen molar-refractivity contribution < 1.29 is 12.4 Å². The first-order chi connectivity index (χ1) is 15.5. The van der Waals surface area contributed by atoms with Gasteiger partial charge in [0.2, 0.25) is 0 Å². The van der Waals surface area contributed by atoms with Gasteiger partial charge in [-0.15, -0.1) is 22.7 Å². The molecule has 0 aliphatic heterocycles. The predicted molar refractivity (Wildman–Crippen MR) is 176 cm³/mol. The van der Waals surface area contributed by atoms with E-state index in [0.717, 1.165) is 0 Å². The van der Waals surface area contributed by atoms with Gasteiger partial charge in [-0.05, 0) is 94.7 Å². The summed E-state index contributed by atoms with van der Waals surface area (Å²) in [5, 5.41) is 0. The molecule has 3 rings (SSSR count). The van der Waals surface area contributed by atoms with Crippen LogP contribution in [0.2, 0.25) is 0 Å². The van der Waals surface area contributed by atoms with Gasteiger partial charge in [0.15, 0.2) is 0 Å². The molecule has 2 aromatic rings. The Morgan fingerprint density at radius 3 is 1.61 bits per heavy atom. The summed E-state index contributed by atoms with van der Waals surface area (Å²) in [6.45, 7) is 8.96. The van der Waals surface area contributed by atoms with E-state index in [1.54, 1.807) is 16.9 Å². The molecular formula is C30H53Br2ClMgS2. The first-order valence-corrected chi connectivity index (χ1v) is 16.0. The van der Waals surface area contributed by atoms with E-state index in [1.807, 2.05) is 11.3 Å². The third-order valence-corrected chi connectivity index (χ3v) is 9.26.